The highest BCUT2D eigenvalue weighted by Gasteiger charge is 2.29. The van der Waals surface area contributed by atoms with Gasteiger partial charge in [0.05, 0.1) is 18.1 Å². The molecule has 23 heavy (non-hydrogen) atoms. The van der Waals surface area contributed by atoms with Gasteiger partial charge in [0.1, 0.15) is 0 Å². The van der Waals surface area contributed by atoms with Gasteiger partial charge in [-0.2, -0.15) is 0 Å². The smallest absolute Gasteiger partial charge is 0.266 e. The number of rotatable bonds is 2. The van der Waals surface area contributed by atoms with Crippen molar-refractivity contribution < 1.29 is 9.53 Å². The maximum absolute atomic E-state index is 12.2. The summed E-state index contributed by atoms with van der Waals surface area (Å²) in [6.45, 7) is 5.49. The van der Waals surface area contributed by atoms with Crippen molar-refractivity contribution in [3.63, 3.8) is 0 Å². The Balaban J connectivity index is 1.84. The largest absolute Gasteiger partial charge is 0.378 e. The van der Waals surface area contributed by atoms with Crippen LogP contribution in [0.15, 0.2) is 28.1 Å². The van der Waals surface area contributed by atoms with Gasteiger partial charge in [-0.3, -0.25) is 14.7 Å². The first-order chi connectivity index (χ1) is 11.1. The molecule has 0 aromatic heterocycles. The first-order valence-corrected chi connectivity index (χ1v) is 8.49. The number of hydrogen-bond donors (Lipinski definition) is 0. The second-order valence-electron chi connectivity index (χ2n) is 5.62. The summed E-state index contributed by atoms with van der Waals surface area (Å²) in [5.74, 6) is 0.00672. The first-order valence-electron chi connectivity index (χ1n) is 7.68. The standard InChI is InChI=1S/C17H21N3O2S/c1-12-10-14(20-6-8-22-9-7-20)5-4-13(12)11-15-16(21)19(3)17(18-2)23-15/h4-5,10-11H,6-9H2,1-3H3. The molecule has 0 unspecified atom stereocenters. The van der Waals surface area contributed by atoms with E-state index in [0.717, 1.165) is 41.9 Å². The van der Waals surface area contributed by atoms with Crippen LogP contribution in [0.25, 0.3) is 6.08 Å². The highest BCUT2D eigenvalue weighted by molar-refractivity contribution is 8.18. The Kier molecular flexibility index (Phi) is 4.73. The van der Waals surface area contributed by atoms with Gasteiger partial charge in [0.2, 0.25) is 0 Å². The zero-order chi connectivity index (χ0) is 16.4. The fraction of sp³-hybridized carbons (Fsp3) is 0.412. The van der Waals surface area contributed by atoms with E-state index < -0.39 is 0 Å². The van der Waals surface area contributed by atoms with Crippen LogP contribution in [0.2, 0.25) is 0 Å². The van der Waals surface area contributed by atoms with Crippen LogP contribution in [0.1, 0.15) is 11.1 Å². The number of ether oxygens (including phenoxy) is 1. The molecule has 2 saturated heterocycles. The molecule has 1 aromatic carbocycles. The van der Waals surface area contributed by atoms with Crippen molar-refractivity contribution in [1.29, 1.82) is 0 Å². The molecule has 0 atom stereocenters. The number of anilines is 1. The molecule has 5 nitrogen and oxygen atoms in total. The van der Waals surface area contributed by atoms with Gasteiger partial charge in [0, 0.05) is 32.9 Å². The monoisotopic (exact) mass is 331 g/mol. The van der Waals surface area contributed by atoms with Gasteiger partial charge in [0.15, 0.2) is 5.17 Å². The topological polar surface area (TPSA) is 45.1 Å². The Bertz CT molecular complexity index is 678. The van der Waals surface area contributed by atoms with Crippen molar-refractivity contribution >= 4 is 34.6 Å². The second-order valence-corrected chi connectivity index (χ2v) is 6.63. The van der Waals surface area contributed by atoms with Crippen molar-refractivity contribution in [3.8, 4) is 0 Å². The minimum absolute atomic E-state index is 0.00672. The molecule has 0 bridgehead atoms. The second kappa shape index (κ2) is 6.76. The summed E-state index contributed by atoms with van der Waals surface area (Å²) in [5, 5.41) is 0.740. The molecule has 2 heterocycles. The van der Waals surface area contributed by atoms with Gasteiger partial charge in [-0.1, -0.05) is 6.07 Å². The number of hydrogen-bond acceptors (Lipinski definition) is 5. The average molecular weight is 331 g/mol. The van der Waals surface area contributed by atoms with Crippen molar-refractivity contribution in [1.82, 2.24) is 4.90 Å². The summed E-state index contributed by atoms with van der Waals surface area (Å²) in [4.78, 5) is 21.0. The molecule has 0 radical (unpaired) electrons. The highest BCUT2D eigenvalue weighted by atomic mass is 32.2. The maximum atomic E-state index is 12.2. The third kappa shape index (κ3) is 3.28. The van der Waals surface area contributed by atoms with Crippen LogP contribution in [0.4, 0.5) is 5.69 Å². The molecule has 0 aliphatic carbocycles. The number of carbonyl (C=O) groups excluding carboxylic acids is 1. The maximum Gasteiger partial charge on any atom is 0.266 e. The molecule has 0 N–H and O–H groups in total. The van der Waals surface area contributed by atoms with E-state index in [9.17, 15) is 4.79 Å². The number of aliphatic imine (C=N–C) groups is 1. The Labute approximate surface area is 141 Å². The summed E-state index contributed by atoms with van der Waals surface area (Å²) >= 11 is 1.42. The van der Waals surface area contributed by atoms with Crippen LogP contribution < -0.4 is 4.90 Å². The summed E-state index contributed by atoms with van der Waals surface area (Å²) in [5.41, 5.74) is 3.45. The van der Waals surface area contributed by atoms with E-state index in [1.807, 2.05) is 6.08 Å². The lowest BCUT2D eigenvalue weighted by atomic mass is 10.1. The van der Waals surface area contributed by atoms with Gasteiger partial charge < -0.3 is 9.64 Å². The number of amidine groups is 1. The van der Waals surface area contributed by atoms with E-state index in [1.54, 1.807) is 19.0 Å². The Morgan fingerprint density at radius 2 is 2.04 bits per heavy atom. The number of thioether (sulfide) groups is 1. The molecule has 3 rings (SSSR count). The van der Waals surface area contributed by atoms with E-state index in [1.165, 1.54) is 23.0 Å². The molecule has 0 spiro atoms. The third-order valence-electron chi connectivity index (χ3n) is 4.11. The molecule has 0 saturated carbocycles. The predicted octanol–water partition coefficient (Wildman–Crippen LogP) is 2.36. The number of likely N-dealkylation sites (N-methyl/N-ethyl adjacent to an activating group) is 1. The molecule has 6 heteroatoms. The SMILES string of the molecule is CN=C1SC(=Cc2ccc(N3CCOCC3)cc2C)C(=O)N1C. The Morgan fingerprint density at radius 1 is 1.30 bits per heavy atom. The van der Waals surface area contributed by atoms with E-state index in [4.69, 9.17) is 4.74 Å². The average Bonchev–Trinajstić information content (AvgIpc) is 2.85. The predicted molar refractivity (Wildman–Crippen MR) is 95.9 cm³/mol. The lowest BCUT2D eigenvalue weighted by Crippen LogP contribution is -2.36. The van der Waals surface area contributed by atoms with Crippen molar-refractivity contribution in [3.05, 3.63) is 34.2 Å². The number of aryl methyl sites for hydroxylation is 1. The number of nitrogens with zero attached hydrogens (tertiary/aromatic N) is 3. The minimum Gasteiger partial charge on any atom is -0.378 e. The van der Waals surface area contributed by atoms with Gasteiger partial charge in [-0.15, -0.1) is 0 Å². The number of carbonyl (C=O) groups is 1. The number of morpholine rings is 1. The molecule has 1 amide bonds. The fourth-order valence-electron chi connectivity index (χ4n) is 2.73. The van der Waals surface area contributed by atoms with Gasteiger partial charge in [0.25, 0.3) is 5.91 Å². The van der Waals surface area contributed by atoms with Crippen LogP contribution in [-0.2, 0) is 9.53 Å². The van der Waals surface area contributed by atoms with Gasteiger partial charge in [-0.25, -0.2) is 0 Å². The summed E-state index contributed by atoms with van der Waals surface area (Å²) in [7, 11) is 3.46. The van der Waals surface area contributed by atoms with Gasteiger partial charge in [-0.05, 0) is 48.0 Å². The van der Waals surface area contributed by atoms with E-state index in [2.05, 4.69) is 35.0 Å². The normalized spacial score (nSPS) is 22.5. The molecule has 122 valence electrons. The summed E-state index contributed by atoms with van der Waals surface area (Å²) < 4.78 is 5.40. The zero-order valence-corrected chi connectivity index (χ0v) is 14.5. The molecule has 1 aromatic rings. The summed E-state index contributed by atoms with van der Waals surface area (Å²) in [6.07, 6.45) is 1.96. The quantitative estimate of drug-likeness (QED) is 0.781. The first kappa shape index (κ1) is 16.1. The van der Waals surface area contributed by atoms with Crippen molar-refractivity contribution in [2.24, 2.45) is 4.99 Å². The van der Waals surface area contributed by atoms with Crippen LogP contribution >= 0.6 is 11.8 Å². The molecule has 2 aliphatic rings. The van der Waals surface area contributed by atoms with Gasteiger partial charge >= 0.3 is 0 Å². The van der Waals surface area contributed by atoms with Crippen LogP contribution in [0.5, 0.6) is 0 Å². The minimum atomic E-state index is 0.00672. The molecule has 2 fully saturated rings. The highest BCUT2D eigenvalue weighted by Crippen LogP contribution is 2.32. The Hall–Kier alpha value is -1.79. The fourth-order valence-corrected chi connectivity index (χ4v) is 3.65. The third-order valence-corrected chi connectivity index (χ3v) is 5.26. The van der Waals surface area contributed by atoms with E-state index in [-0.39, 0.29) is 5.91 Å². The lowest BCUT2D eigenvalue weighted by molar-refractivity contribution is -0.121. The molecular formula is C17H21N3O2S. The summed E-state index contributed by atoms with van der Waals surface area (Å²) in [6, 6.07) is 6.38. The zero-order valence-electron chi connectivity index (χ0n) is 13.7. The van der Waals surface area contributed by atoms with Crippen LogP contribution in [0.3, 0.4) is 0 Å². The number of benzene rings is 1. The lowest BCUT2D eigenvalue weighted by Gasteiger charge is -2.29. The Morgan fingerprint density at radius 3 is 2.65 bits per heavy atom. The van der Waals surface area contributed by atoms with Crippen molar-refractivity contribution in [2.75, 3.05) is 45.3 Å². The number of amides is 1. The molecular weight excluding hydrogens is 310 g/mol. The van der Waals surface area contributed by atoms with Crippen LogP contribution in [-0.4, -0.2) is 56.4 Å². The van der Waals surface area contributed by atoms with Crippen LogP contribution in [0, 0.1) is 6.92 Å². The van der Waals surface area contributed by atoms with E-state index in [0.29, 0.717) is 0 Å². The van der Waals surface area contributed by atoms with Crippen molar-refractivity contribution in [2.45, 2.75) is 6.92 Å². The molecule has 2 aliphatic heterocycles. The van der Waals surface area contributed by atoms with E-state index >= 15 is 0 Å².